The highest BCUT2D eigenvalue weighted by molar-refractivity contribution is 6.12. The number of rotatable bonds is 17. The molecule has 1 aliphatic heterocycles. The number of nitrogens with zero attached hydrogens (tertiary/aromatic N) is 2. The van der Waals surface area contributed by atoms with Gasteiger partial charge in [-0.15, -0.1) is 0 Å². The van der Waals surface area contributed by atoms with Crippen molar-refractivity contribution in [2.75, 3.05) is 27.2 Å². The van der Waals surface area contributed by atoms with Crippen LogP contribution in [0.2, 0.25) is 0 Å². The molecule has 0 radical (unpaired) electrons. The molecule has 0 unspecified atom stereocenters. The standard InChI is InChI=1S/C37H54N6O8/c1-22(2)26(20-23(3)32(47)40-25(35(50)51)21-27(44)39-18-19-43-28(45)16-17-29(43)46)42(10)34(49)31(36(4,5)6)41-33(48)30(38-9)37(7,8)24-14-12-11-13-15-24/h11-17,20,22,25-26,30-31,38H,18-19,21H2,1-10H3,(H,39,44)(H,40,47)(H,41,48)(H,50,51)/b23-20+/t25-,26+,30+,31+/m0/s1. The maximum Gasteiger partial charge on any atom is 0.326 e. The van der Waals surface area contributed by atoms with Gasteiger partial charge < -0.3 is 31.3 Å². The topological polar surface area (TPSA) is 194 Å². The van der Waals surface area contributed by atoms with Crippen LogP contribution >= 0.6 is 0 Å². The third kappa shape index (κ3) is 11.3. The number of carbonyl (C=O) groups is 7. The Morgan fingerprint density at radius 2 is 1.49 bits per heavy atom. The van der Waals surface area contributed by atoms with Crippen molar-refractivity contribution in [3.8, 4) is 0 Å². The first-order chi connectivity index (χ1) is 23.6. The molecule has 1 aliphatic rings. The van der Waals surface area contributed by atoms with Crippen molar-refractivity contribution in [2.24, 2.45) is 11.3 Å². The minimum Gasteiger partial charge on any atom is -0.480 e. The molecule has 51 heavy (non-hydrogen) atoms. The summed E-state index contributed by atoms with van der Waals surface area (Å²) in [6, 6.07) is 5.81. The van der Waals surface area contributed by atoms with Gasteiger partial charge in [0, 0.05) is 43.3 Å². The van der Waals surface area contributed by atoms with Crippen LogP contribution in [-0.2, 0) is 39.0 Å². The van der Waals surface area contributed by atoms with Gasteiger partial charge in [0.25, 0.3) is 11.8 Å². The van der Waals surface area contributed by atoms with Crippen LogP contribution in [0, 0.1) is 11.3 Å². The molecule has 1 aromatic carbocycles. The Morgan fingerprint density at radius 3 is 1.98 bits per heavy atom. The van der Waals surface area contributed by atoms with E-state index in [0.717, 1.165) is 22.6 Å². The van der Waals surface area contributed by atoms with E-state index in [-0.39, 0.29) is 36.4 Å². The molecule has 0 fully saturated rings. The molecule has 4 atom stereocenters. The smallest absolute Gasteiger partial charge is 0.326 e. The second kappa shape index (κ2) is 17.9. The molecule has 0 aliphatic carbocycles. The lowest BCUT2D eigenvalue weighted by Gasteiger charge is -2.40. The number of likely N-dealkylation sites (N-methyl/N-ethyl adjacent to an activating group) is 2. The molecule has 14 nitrogen and oxygen atoms in total. The Bertz CT molecular complexity index is 1510. The van der Waals surface area contributed by atoms with Crippen LogP contribution in [0.3, 0.4) is 0 Å². The molecule has 0 bridgehead atoms. The van der Waals surface area contributed by atoms with Crippen LogP contribution in [0.25, 0.3) is 0 Å². The molecule has 0 saturated carbocycles. The molecule has 0 aromatic heterocycles. The molecule has 280 valence electrons. The minimum atomic E-state index is -1.57. The lowest BCUT2D eigenvalue weighted by Crippen LogP contribution is -2.61. The first kappa shape index (κ1) is 42.3. The number of hydrogen-bond donors (Lipinski definition) is 5. The van der Waals surface area contributed by atoms with Gasteiger partial charge in [-0.1, -0.05) is 84.9 Å². The first-order valence-corrected chi connectivity index (χ1v) is 17.0. The second-order valence-electron chi connectivity index (χ2n) is 14.7. The van der Waals surface area contributed by atoms with E-state index < -0.39 is 71.0 Å². The largest absolute Gasteiger partial charge is 0.480 e. The van der Waals surface area contributed by atoms with Gasteiger partial charge in [-0.25, -0.2) is 4.79 Å². The molecule has 1 aromatic rings. The zero-order valence-electron chi connectivity index (χ0n) is 31.3. The van der Waals surface area contributed by atoms with E-state index >= 15 is 0 Å². The molecule has 6 amide bonds. The predicted molar refractivity (Wildman–Crippen MR) is 192 cm³/mol. The number of benzene rings is 1. The first-order valence-electron chi connectivity index (χ1n) is 17.0. The fourth-order valence-electron chi connectivity index (χ4n) is 5.85. The van der Waals surface area contributed by atoms with E-state index in [1.54, 1.807) is 20.2 Å². The summed E-state index contributed by atoms with van der Waals surface area (Å²) in [7, 11) is 3.29. The monoisotopic (exact) mass is 710 g/mol. The quantitative estimate of drug-likeness (QED) is 0.118. The molecule has 0 spiro atoms. The van der Waals surface area contributed by atoms with Crippen molar-refractivity contribution in [1.82, 2.24) is 31.1 Å². The zero-order chi connectivity index (χ0) is 38.8. The van der Waals surface area contributed by atoms with Gasteiger partial charge in [-0.05, 0) is 30.9 Å². The average Bonchev–Trinajstić information content (AvgIpc) is 3.37. The van der Waals surface area contributed by atoms with Crippen LogP contribution < -0.4 is 21.3 Å². The van der Waals surface area contributed by atoms with Crippen molar-refractivity contribution >= 4 is 41.4 Å². The van der Waals surface area contributed by atoms with E-state index in [4.69, 9.17) is 0 Å². The van der Waals surface area contributed by atoms with Crippen molar-refractivity contribution in [3.05, 3.63) is 59.7 Å². The number of carboxylic acids is 1. The van der Waals surface area contributed by atoms with E-state index in [0.29, 0.717) is 0 Å². The fourth-order valence-corrected chi connectivity index (χ4v) is 5.85. The highest BCUT2D eigenvalue weighted by Crippen LogP contribution is 2.29. The summed E-state index contributed by atoms with van der Waals surface area (Å²) in [6.07, 6.45) is 3.19. The van der Waals surface area contributed by atoms with Gasteiger partial charge in [0.1, 0.15) is 12.1 Å². The van der Waals surface area contributed by atoms with Crippen molar-refractivity contribution < 1.29 is 38.7 Å². The van der Waals surface area contributed by atoms with Crippen LogP contribution in [-0.4, -0.2) is 108 Å². The molecular formula is C37H54N6O8. The van der Waals surface area contributed by atoms with Gasteiger partial charge in [-0.2, -0.15) is 0 Å². The predicted octanol–water partition coefficient (Wildman–Crippen LogP) is 1.51. The zero-order valence-corrected chi connectivity index (χ0v) is 31.3. The Kier molecular flexibility index (Phi) is 14.8. The summed E-state index contributed by atoms with van der Waals surface area (Å²) in [5, 5.41) is 20.6. The molecule has 14 heteroatoms. The van der Waals surface area contributed by atoms with Crippen molar-refractivity contribution in [3.63, 3.8) is 0 Å². The Balaban J connectivity index is 2.18. The van der Waals surface area contributed by atoms with Gasteiger partial charge in [0.2, 0.25) is 23.6 Å². The van der Waals surface area contributed by atoms with E-state index in [1.165, 1.54) is 11.8 Å². The second-order valence-corrected chi connectivity index (χ2v) is 14.7. The van der Waals surface area contributed by atoms with Crippen LogP contribution in [0.1, 0.15) is 67.4 Å². The summed E-state index contributed by atoms with van der Waals surface area (Å²) >= 11 is 0. The Morgan fingerprint density at radius 1 is 0.922 bits per heavy atom. The van der Waals surface area contributed by atoms with E-state index in [9.17, 15) is 38.7 Å². The minimum absolute atomic E-state index is 0.0906. The number of hydrogen-bond acceptors (Lipinski definition) is 8. The van der Waals surface area contributed by atoms with E-state index in [1.807, 2.05) is 78.8 Å². The number of imide groups is 1. The number of nitrogens with one attached hydrogen (secondary N) is 4. The summed E-state index contributed by atoms with van der Waals surface area (Å²) in [6.45, 7) is 14.5. The third-order valence-electron chi connectivity index (χ3n) is 9.00. The van der Waals surface area contributed by atoms with Crippen LogP contribution in [0.15, 0.2) is 54.1 Å². The Labute approximate surface area is 300 Å². The molecule has 1 heterocycles. The normalized spacial score (nSPS) is 16.0. The maximum atomic E-state index is 14.1. The van der Waals surface area contributed by atoms with Crippen molar-refractivity contribution in [1.29, 1.82) is 0 Å². The average molecular weight is 711 g/mol. The molecular weight excluding hydrogens is 656 g/mol. The molecule has 2 rings (SSSR count). The van der Waals surface area contributed by atoms with Crippen molar-refractivity contribution in [2.45, 2.75) is 91.4 Å². The summed E-state index contributed by atoms with van der Waals surface area (Å²) in [4.78, 5) is 91.3. The van der Waals surface area contributed by atoms with Gasteiger partial charge in [0.05, 0.1) is 18.5 Å². The van der Waals surface area contributed by atoms with Gasteiger partial charge in [-0.3, -0.25) is 33.7 Å². The molecule has 5 N–H and O–H groups in total. The van der Waals surface area contributed by atoms with Crippen LogP contribution in [0.5, 0.6) is 0 Å². The number of aliphatic carboxylic acids is 1. The third-order valence-corrected chi connectivity index (χ3v) is 9.00. The summed E-state index contributed by atoms with van der Waals surface area (Å²) in [5.41, 5.74) is -0.244. The number of carboxylic acid groups (broad SMARTS) is 1. The number of amides is 6. The maximum absolute atomic E-state index is 14.1. The summed E-state index contributed by atoms with van der Waals surface area (Å²) in [5.74, 6) is -4.82. The SMILES string of the molecule is CN[C@H](C(=O)N[C@H](C(=O)N(C)[C@H](/C=C(\C)C(=O)N[C@@H](CC(=O)NCCN1C(=O)C=CC1=O)C(=O)O)C(C)C)C(C)(C)C)C(C)(C)c1ccccc1. The van der Waals surface area contributed by atoms with Crippen LogP contribution in [0.4, 0.5) is 0 Å². The lowest BCUT2D eigenvalue weighted by molar-refractivity contribution is -0.143. The number of carbonyl (C=O) groups excluding carboxylic acids is 6. The fraction of sp³-hybridized carbons (Fsp3) is 0.541. The van der Waals surface area contributed by atoms with Gasteiger partial charge in [0.15, 0.2) is 0 Å². The van der Waals surface area contributed by atoms with Gasteiger partial charge >= 0.3 is 5.97 Å². The van der Waals surface area contributed by atoms with E-state index in [2.05, 4.69) is 21.3 Å². The lowest BCUT2D eigenvalue weighted by atomic mass is 9.76. The highest BCUT2D eigenvalue weighted by Gasteiger charge is 2.41. The highest BCUT2D eigenvalue weighted by atomic mass is 16.4. The molecule has 0 saturated heterocycles. The Hall–Kier alpha value is -4.85. The summed E-state index contributed by atoms with van der Waals surface area (Å²) < 4.78 is 0.